The summed E-state index contributed by atoms with van der Waals surface area (Å²) in [7, 11) is -1.21. The number of amides is 1. The second kappa shape index (κ2) is 13.7. The Morgan fingerprint density at radius 2 is 1.65 bits per heavy atom. The quantitative estimate of drug-likeness (QED) is 0.0916. The number of hydrogen-bond donors (Lipinski definition) is 2. The monoisotopic (exact) mass is 664 g/mol. The number of anilines is 2. The van der Waals surface area contributed by atoms with Crippen molar-refractivity contribution in [3.05, 3.63) is 131 Å². The lowest BCUT2D eigenvalue weighted by atomic mass is 9.76. The van der Waals surface area contributed by atoms with Crippen LogP contribution in [0.4, 0.5) is 11.4 Å². The summed E-state index contributed by atoms with van der Waals surface area (Å²) in [6, 6.07) is 28.1. The van der Waals surface area contributed by atoms with E-state index in [1.807, 2.05) is 24.3 Å². The fourth-order valence-corrected chi connectivity index (χ4v) is 7.68. The van der Waals surface area contributed by atoms with Gasteiger partial charge in [-0.2, -0.15) is 5.10 Å². The molecule has 1 amide bonds. The molecule has 2 aliphatic rings. The van der Waals surface area contributed by atoms with Gasteiger partial charge in [0.15, 0.2) is 0 Å². The predicted molar refractivity (Wildman–Crippen MR) is 185 cm³/mol. The molecule has 4 aromatic carbocycles. The number of carbonyl (C=O) groups excluding carboxylic acids is 2. The second-order valence-electron chi connectivity index (χ2n) is 11.6. The molecule has 1 aliphatic heterocycles. The number of carbonyl (C=O) groups is 2. The van der Waals surface area contributed by atoms with E-state index >= 15 is 0 Å². The van der Waals surface area contributed by atoms with Gasteiger partial charge in [0.1, 0.15) is 12.3 Å². The number of hydrogen-bond acceptors (Lipinski definition) is 8. The predicted octanol–water partition coefficient (Wildman–Crippen LogP) is 6.04. The van der Waals surface area contributed by atoms with Crippen molar-refractivity contribution in [3.8, 4) is 5.75 Å². The first kappa shape index (κ1) is 32.5. The molecule has 246 valence electrons. The van der Waals surface area contributed by atoms with E-state index in [-0.39, 0.29) is 28.7 Å². The fraction of sp³-hybridized carbons (Fsp3) is 0.216. The van der Waals surface area contributed by atoms with Crippen LogP contribution in [0.25, 0.3) is 0 Å². The number of ether oxygens (including phenoxy) is 2. The van der Waals surface area contributed by atoms with Crippen LogP contribution in [0.2, 0.25) is 0 Å². The van der Waals surface area contributed by atoms with Gasteiger partial charge in [-0.15, -0.1) is 0 Å². The van der Waals surface area contributed by atoms with E-state index in [2.05, 4.69) is 34.1 Å². The first-order valence-corrected chi connectivity index (χ1v) is 16.9. The van der Waals surface area contributed by atoms with Crippen molar-refractivity contribution in [2.24, 2.45) is 11.0 Å². The third-order valence-electron chi connectivity index (χ3n) is 8.80. The highest BCUT2D eigenvalue weighted by molar-refractivity contribution is 7.92. The zero-order chi connectivity index (χ0) is 33.8. The van der Waals surface area contributed by atoms with Gasteiger partial charge >= 0.3 is 5.97 Å². The molecule has 0 radical (unpaired) electrons. The molecule has 10 nitrogen and oxygen atoms in total. The molecule has 4 aromatic rings. The molecule has 2 N–H and O–H groups in total. The van der Waals surface area contributed by atoms with E-state index in [0.717, 1.165) is 33.1 Å². The summed E-state index contributed by atoms with van der Waals surface area (Å²) in [4.78, 5) is 25.1. The second-order valence-corrected chi connectivity index (χ2v) is 13.5. The number of benzene rings is 4. The first-order chi connectivity index (χ1) is 23.2. The van der Waals surface area contributed by atoms with Crippen molar-refractivity contribution >= 4 is 39.0 Å². The first-order valence-electron chi connectivity index (χ1n) is 15.5. The summed E-state index contributed by atoms with van der Waals surface area (Å²) < 4.78 is 38.4. The Morgan fingerprint density at radius 3 is 2.33 bits per heavy atom. The standard InChI is InChI=1S/C37H36N4O6S/c1-24(39-40-35(42)23-41(28-8-5-4-6-9-28)48(44,45)30-19-17-29(46-2)18-20-30)27-16-21-34-33(22-27)31-10-7-11-32(31)36(38-34)25-12-14-26(15-13-25)37(43)47-3/h4-10,12-22,31-32,36,38H,11,23H2,1-3H3,(H,40,42)/b39-24-/t31-,32+,36+/m1/s1. The number of para-hydroxylation sites is 1. The molecule has 1 heterocycles. The highest BCUT2D eigenvalue weighted by Crippen LogP contribution is 2.50. The molecule has 11 heteroatoms. The van der Waals surface area contributed by atoms with E-state index in [1.165, 1.54) is 26.4 Å². The largest absolute Gasteiger partial charge is 0.497 e. The van der Waals surface area contributed by atoms with Crippen LogP contribution in [0.1, 0.15) is 52.4 Å². The lowest BCUT2D eigenvalue weighted by Gasteiger charge is -2.37. The average Bonchev–Trinajstić information content (AvgIpc) is 3.63. The molecule has 0 bridgehead atoms. The molecule has 1 aliphatic carbocycles. The Bertz CT molecular complexity index is 1980. The van der Waals surface area contributed by atoms with Crippen LogP contribution in [0.15, 0.2) is 119 Å². The number of fused-ring (bicyclic) bond motifs is 3. The van der Waals surface area contributed by atoms with Crippen molar-refractivity contribution in [3.63, 3.8) is 0 Å². The van der Waals surface area contributed by atoms with Crippen LogP contribution >= 0.6 is 0 Å². The molecular formula is C37H36N4O6S. The summed E-state index contributed by atoms with van der Waals surface area (Å²) in [6.07, 6.45) is 5.35. The van der Waals surface area contributed by atoms with Gasteiger partial charge in [0.25, 0.3) is 15.9 Å². The number of allylic oxidation sites excluding steroid dienone is 2. The zero-order valence-electron chi connectivity index (χ0n) is 26.8. The van der Waals surface area contributed by atoms with Gasteiger partial charge in [-0.05, 0) is 96.6 Å². The minimum atomic E-state index is -4.08. The summed E-state index contributed by atoms with van der Waals surface area (Å²) >= 11 is 0. The van der Waals surface area contributed by atoms with Crippen molar-refractivity contribution in [2.45, 2.75) is 30.2 Å². The summed E-state index contributed by atoms with van der Waals surface area (Å²) in [5.41, 5.74) is 8.06. The molecule has 0 saturated carbocycles. The number of sulfonamides is 1. The molecular weight excluding hydrogens is 628 g/mol. The Labute approximate surface area is 280 Å². The van der Waals surface area contributed by atoms with Crippen molar-refractivity contribution in [2.75, 3.05) is 30.4 Å². The third-order valence-corrected chi connectivity index (χ3v) is 10.6. The van der Waals surface area contributed by atoms with Crippen molar-refractivity contribution < 1.29 is 27.5 Å². The summed E-state index contributed by atoms with van der Waals surface area (Å²) in [5.74, 6) is 0.0278. The Morgan fingerprint density at radius 1 is 0.938 bits per heavy atom. The smallest absolute Gasteiger partial charge is 0.337 e. The van der Waals surface area contributed by atoms with Crippen LogP contribution in [0.5, 0.6) is 5.75 Å². The maximum Gasteiger partial charge on any atom is 0.337 e. The molecule has 0 saturated heterocycles. The van der Waals surface area contributed by atoms with Gasteiger partial charge in [-0.1, -0.05) is 48.6 Å². The molecule has 0 spiro atoms. The fourth-order valence-electron chi connectivity index (χ4n) is 6.25. The molecule has 0 aromatic heterocycles. The molecule has 48 heavy (non-hydrogen) atoms. The maximum atomic E-state index is 13.7. The maximum absolute atomic E-state index is 13.7. The van der Waals surface area contributed by atoms with Crippen LogP contribution in [0.3, 0.4) is 0 Å². The SMILES string of the molecule is COC(=O)c1ccc([C@@H]2Nc3ccc(/C(C)=N\NC(=O)CN(c4ccccc4)S(=O)(=O)c4ccc(OC)cc4)cc3[C@@H]3C=CC[C@@H]32)cc1. The average molecular weight is 665 g/mol. The van der Waals surface area contributed by atoms with Crippen LogP contribution in [0, 0.1) is 5.92 Å². The van der Waals surface area contributed by atoms with E-state index < -0.39 is 22.5 Å². The molecule has 6 rings (SSSR count). The molecule has 0 unspecified atom stereocenters. The van der Waals surface area contributed by atoms with Crippen LogP contribution in [-0.4, -0.2) is 46.8 Å². The van der Waals surface area contributed by atoms with Crippen LogP contribution in [-0.2, 0) is 19.6 Å². The topological polar surface area (TPSA) is 126 Å². The number of esters is 1. The third kappa shape index (κ3) is 6.54. The Balaban J connectivity index is 1.19. The van der Waals surface area contributed by atoms with Gasteiger partial charge in [0.2, 0.25) is 0 Å². The molecule has 3 atom stereocenters. The minimum absolute atomic E-state index is 0.0296. The number of rotatable bonds is 10. The van der Waals surface area contributed by atoms with Gasteiger partial charge in [0.05, 0.1) is 42.1 Å². The number of methoxy groups -OCH3 is 2. The Hall–Kier alpha value is -5.42. The minimum Gasteiger partial charge on any atom is -0.497 e. The Kier molecular flexibility index (Phi) is 9.31. The highest BCUT2D eigenvalue weighted by Gasteiger charge is 2.38. The number of nitrogens with zero attached hydrogens (tertiary/aromatic N) is 2. The number of hydrazone groups is 1. The van der Waals surface area contributed by atoms with Gasteiger partial charge in [0, 0.05) is 11.6 Å². The summed E-state index contributed by atoms with van der Waals surface area (Å²) in [5, 5.41) is 8.05. The van der Waals surface area contributed by atoms with E-state index in [4.69, 9.17) is 9.47 Å². The van der Waals surface area contributed by atoms with Crippen LogP contribution < -0.4 is 19.8 Å². The van der Waals surface area contributed by atoms with Crippen molar-refractivity contribution in [1.29, 1.82) is 0 Å². The van der Waals surface area contributed by atoms with E-state index in [0.29, 0.717) is 22.7 Å². The van der Waals surface area contributed by atoms with E-state index in [9.17, 15) is 18.0 Å². The van der Waals surface area contributed by atoms with Gasteiger partial charge in [-0.3, -0.25) is 9.10 Å². The number of nitrogens with one attached hydrogen (secondary N) is 2. The zero-order valence-corrected chi connectivity index (χ0v) is 27.6. The van der Waals surface area contributed by atoms with Gasteiger partial charge in [-0.25, -0.2) is 18.6 Å². The van der Waals surface area contributed by atoms with Gasteiger partial charge < -0.3 is 14.8 Å². The molecule has 0 fully saturated rings. The highest BCUT2D eigenvalue weighted by atomic mass is 32.2. The van der Waals surface area contributed by atoms with E-state index in [1.54, 1.807) is 61.5 Å². The lowest BCUT2D eigenvalue weighted by Crippen LogP contribution is -2.39. The summed E-state index contributed by atoms with van der Waals surface area (Å²) in [6.45, 7) is 1.33. The lowest BCUT2D eigenvalue weighted by molar-refractivity contribution is -0.119. The van der Waals surface area contributed by atoms with Crippen molar-refractivity contribution in [1.82, 2.24) is 5.43 Å². The normalized spacial score (nSPS) is 18.2.